The zero-order valence-electron chi connectivity index (χ0n) is 24.2. The molecule has 222 valence electrons. The van der Waals surface area contributed by atoms with Gasteiger partial charge in [0.2, 0.25) is 0 Å². The van der Waals surface area contributed by atoms with Gasteiger partial charge in [-0.3, -0.25) is 4.79 Å². The second kappa shape index (κ2) is 12.7. The Morgan fingerprint density at radius 3 is 2.32 bits per heavy atom. The van der Waals surface area contributed by atoms with Gasteiger partial charge in [0.05, 0.1) is 44.1 Å². The number of nitriles is 1. The lowest BCUT2D eigenvalue weighted by Crippen LogP contribution is -2.19. The number of carbonyl (C=O) groups excluding carboxylic acids is 1. The van der Waals surface area contributed by atoms with Crippen molar-refractivity contribution in [2.24, 2.45) is 0 Å². The first kappa shape index (κ1) is 31.5. The van der Waals surface area contributed by atoms with Gasteiger partial charge < -0.3 is 28.7 Å². The number of hydrogen-bond donors (Lipinski definition) is 1. The smallest absolute Gasteiger partial charge is 0.306 e. The normalized spacial score (nSPS) is 11.8. The lowest BCUT2D eigenvalue weighted by atomic mass is 9.84. The Bertz CT molecular complexity index is 1580. The van der Waals surface area contributed by atoms with E-state index in [9.17, 15) is 13.2 Å². The topological polar surface area (TPSA) is 143 Å². The highest BCUT2D eigenvalue weighted by Crippen LogP contribution is 2.42. The van der Waals surface area contributed by atoms with E-state index in [1.165, 1.54) is 10.6 Å². The molecule has 0 radical (unpaired) electrons. The number of halogens is 1. The van der Waals surface area contributed by atoms with Gasteiger partial charge in [-0.1, -0.05) is 20.8 Å². The average molecular weight is 590 g/mol. The third-order valence-corrected chi connectivity index (χ3v) is 6.56. The van der Waals surface area contributed by atoms with Gasteiger partial charge in [0.15, 0.2) is 34.6 Å². The molecule has 0 saturated heterocycles. The number of nitrogen functional groups attached to an aromatic ring is 1. The highest BCUT2D eigenvalue weighted by molar-refractivity contribution is 7.86. The second-order valence-corrected chi connectivity index (χ2v) is 12.0. The molecule has 2 N–H and O–H groups in total. The Kier molecular flexibility index (Phi) is 9.76. The zero-order chi connectivity index (χ0) is 30.5. The number of hydrogen-bond acceptors (Lipinski definition) is 9. The van der Waals surface area contributed by atoms with E-state index in [-0.39, 0.29) is 71.7 Å². The minimum atomic E-state index is -3.93. The number of benzene rings is 2. The molecule has 0 aliphatic rings. The molecule has 41 heavy (non-hydrogen) atoms. The molecule has 0 aliphatic heterocycles. The van der Waals surface area contributed by atoms with Gasteiger partial charge in [0, 0.05) is 29.1 Å². The summed E-state index contributed by atoms with van der Waals surface area (Å²) >= 11 is 0. The van der Waals surface area contributed by atoms with Crippen molar-refractivity contribution in [2.45, 2.75) is 59.4 Å². The third-order valence-electron chi connectivity index (χ3n) is 6.09. The SMILES string of the molecule is CCOc1cc2cn(CC(=O)c3cc(OCCCC#N)c(OS(C)(=O)=O)c(C(C)(C)C)c3)c(N)c2c(F)c1OCC. The number of anilines is 1. The van der Waals surface area contributed by atoms with Gasteiger partial charge >= 0.3 is 10.1 Å². The summed E-state index contributed by atoms with van der Waals surface area (Å²) in [6.45, 7) is 9.42. The van der Waals surface area contributed by atoms with Crippen LogP contribution in [0.4, 0.5) is 10.2 Å². The van der Waals surface area contributed by atoms with E-state index in [1.807, 2.05) is 26.8 Å². The maximum atomic E-state index is 15.5. The summed E-state index contributed by atoms with van der Waals surface area (Å²) in [6.07, 6.45) is 3.11. The van der Waals surface area contributed by atoms with Crippen LogP contribution in [0.1, 0.15) is 63.4 Å². The number of unbranched alkanes of at least 4 members (excludes halogenated alkanes) is 1. The molecule has 10 nitrogen and oxygen atoms in total. The van der Waals surface area contributed by atoms with Crippen LogP contribution in [-0.2, 0) is 22.1 Å². The van der Waals surface area contributed by atoms with E-state index >= 15 is 4.39 Å². The van der Waals surface area contributed by atoms with Crippen molar-refractivity contribution in [2.75, 3.05) is 31.8 Å². The van der Waals surface area contributed by atoms with Crippen LogP contribution >= 0.6 is 0 Å². The molecule has 0 bridgehead atoms. The Labute approximate surface area is 239 Å². The molecule has 0 spiro atoms. The van der Waals surface area contributed by atoms with Gasteiger partial charge in [-0.25, -0.2) is 4.39 Å². The van der Waals surface area contributed by atoms with Crippen molar-refractivity contribution >= 4 is 32.5 Å². The summed E-state index contributed by atoms with van der Waals surface area (Å²) in [5.74, 6) is -0.801. The first-order valence-electron chi connectivity index (χ1n) is 13.2. The van der Waals surface area contributed by atoms with Crippen molar-refractivity contribution in [1.29, 1.82) is 5.26 Å². The maximum Gasteiger partial charge on any atom is 0.306 e. The average Bonchev–Trinajstić information content (AvgIpc) is 3.18. The van der Waals surface area contributed by atoms with E-state index < -0.39 is 21.4 Å². The molecular weight excluding hydrogens is 553 g/mol. The minimum absolute atomic E-state index is 0.0197. The second-order valence-electron chi connectivity index (χ2n) is 10.4. The van der Waals surface area contributed by atoms with Crippen LogP contribution in [0.15, 0.2) is 24.4 Å². The molecule has 12 heteroatoms. The molecule has 3 aromatic rings. The number of Topliss-reactive ketones (excluding diaryl/α,β-unsaturated/α-hetero) is 1. The van der Waals surface area contributed by atoms with Crippen LogP contribution in [0.3, 0.4) is 0 Å². The lowest BCUT2D eigenvalue weighted by Gasteiger charge is -2.25. The van der Waals surface area contributed by atoms with Crippen LogP contribution in [0, 0.1) is 17.1 Å². The molecule has 0 aliphatic carbocycles. The van der Waals surface area contributed by atoms with Crippen molar-refractivity contribution < 1.29 is 36.0 Å². The summed E-state index contributed by atoms with van der Waals surface area (Å²) in [7, 11) is -3.93. The lowest BCUT2D eigenvalue weighted by molar-refractivity contribution is 0.0972. The molecule has 1 heterocycles. The molecule has 0 atom stereocenters. The highest BCUT2D eigenvalue weighted by Gasteiger charge is 2.28. The summed E-state index contributed by atoms with van der Waals surface area (Å²) in [5.41, 5.74) is 6.32. The summed E-state index contributed by atoms with van der Waals surface area (Å²) in [6, 6.07) is 6.61. The number of nitrogens with two attached hydrogens (primary N) is 1. The Balaban J connectivity index is 2.10. The van der Waals surface area contributed by atoms with E-state index in [2.05, 4.69) is 0 Å². The van der Waals surface area contributed by atoms with Gasteiger partial charge in [-0.05, 0) is 43.9 Å². The monoisotopic (exact) mass is 589 g/mol. The van der Waals surface area contributed by atoms with Crippen molar-refractivity contribution in [3.63, 3.8) is 0 Å². The number of ketones is 1. The summed E-state index contributed by atoms with van der Waals surface area (Å²) in [5, 5.41) is 9.40. The maximum absolute atomic E-state index is 15.5. The Morgan fingerprint density at radius 2 is 1.73 bits per heavy atom. The predicted molar refractivity (Wildman–Crippen MR) is 154 cm³/mol. The van der Waals surface area contributed by atoms with Crippen molar-refractivity contribution in [3.8, 4) is 29.1 Å². The fourth-order valence-electron chi connectivity index (χ4n) is 4.29. The van der Waals surface area contributed by atoms with E-state index in [0.29, 0.717) is 24.0 Å². The Hall–Kier alpha value is -3.98. The van der Waals surface area contributed by atoms with Crippen LogP contribution < -0.4 is 24.1 Å². The number of aromatic nitrogens is 1. The Morgan fingerprint density at radius 1 is 1.07 bits per heavy atom. The summed E-state index contributed by atoms with van der Waals surface area (Å²) in [4.78, 5) is 13.6. The largest absolute Gasteiger partial charge is 0.490 e. The number of fused-ring (bicyclic) bond motifs is 1. The van der Waals surface area contributed by atoms with E-state index in [0.717, 1.165) is 6.26 Å². The molecule has 1 aromatic heterocycles. The third kappa shape index (κ3) is 7.41. The fraction of sp³-hybridized carbons (Fsp3) is 0.448. The predicted octanol–water partition coefficient (Wildman–Crippen LogP) is 5.36. The first-order valence-corrected chi connectivity index (χ1v) is 15.0. The number of ether oxygens (including phenoxy) is 3. The van der Waals surface area contributed by atoms with Gasteiger partial charge in [-0.15, -0.1) is 0 Å². The van der Waals surface area contributed by atoms with Gasteiger partial charge in [0.25, 0.3) is 0 Å². The van der Waals surface area contributed by atoms with E-state index in [1.54, 1.807) is 32.2 Å². The number of carbonyl (C=O) groups is 1. The molecule has 0 saturated carbocycles. The highest BCUT2D eigenvalue weighted by atomic mass is 32.2. The number of nitrogens with zero attached hydrogens (tertiary/aromatic N) is 2. The van der Waals surface area contributed by atoms with Gasteiger partial charge in [0.1, 0.15) is 5.82 Å². The molecule has 2 aromatic carbocycles. The van der Waals surface area contributed by atoms with Crippen LogP contribution in [0.25, 0.3) is 10.8 Å². The van der Waals surface area contributed by atoms with Crippen LogP contribution in [0.5, 0.6) is 23.0 Å². The standard InChI is InChI=1S/C29H36FN3O7S/c1-7-37-23-15-19-16-33(28(32)24(19)25(30)27(23)38-8-2)17-21(34)18-13-20(29(3,4)5)26(40-41(6,35)36)22(14-18)39-12-10-9-11-31/h13-16H,7-10,12,17,32H2,1-6H3. The van der Waals surface area contributed by atoms with Crippen molar-refractivity contribution in [1.82, 2.24) is 4.57 Å². The minimum Gasteiger partial charge on any atom is -0.490 e. The fourth-order valence-corrected chi connectivity index (χ4v) is 4.76. The molecule has 3 rings (SSSR count). The molecule has 0 unspecified atom stereocenters. The van der Waals surface area contributed by atoms with Crippen molar-refractivity contribution in [3.05, 3.63) is 41.3 Å². The van der Waals surface area contributed by atoms with Crippen LogP contribution in [0.2, 0.25) is 0 Å². The van der Waals surface area contributed by atoms with Gasteiger partial charge in [-0.2, -0.15) is 13.7 Å². The number of rotatable bonds is 13. The summed E-state index contributed by atoms with van der Waals surface area (Å²) < 4.78 is 63.3. The van der Waals surface area contributed by atoms with E-state index in [4.69, 9.17) is 29.4 Å². The zero-order valence-corrected chi connectivity index (χ0v) is 25.0. The van der Waals surface area contributed by atoms with Crippen LogP contribution in [-0.4, -0.2) is 44.8 Å². The molecular formula is C29H36FN3O7S. The molecule has 0 fully saturated rings. The molecule has 0 amide bonds. The quantitative estimate of drug-likeness (QED) is 0.158. The first-order chi connectivity index (χ1) is 19.2.